The van der Waals surface area contributed by atoms with Crippen molar-refractivity contribution in [2.45, 2.75) is 25.2 Å². The third kappa shape index (κ3) is 2.86. The van der Waals surface area contributed by atoms with Crippen LogP contribution in [-0.2, 0) is 22.4 Å². The highest BCUT2D eigenvalue weighted by atomic mass is 16.5. The SMILES string of the molecule is O=C(O)C1CN(C(=O)Cc2ccc3c(c2)CCCO3)c2ccccc21. The maximum atomic E-state index is 12.8. The van der Waals surface area contributed by atoms with Gasteiger partial charge in [-0.3, -0.25) is 9.59 Å². The van der Waals surface area contributed by atoms with Gasteiger partial charge in [0.05, 0.1) is 13.0 Å². The summed E-state index contributed by atoms with van der Waals surface area (Å²) in [6, 6.07) is 13.1. The van der Waals surface area contributed by atoms with Crippen molar-refractivity contribution in [2.75, 3.05) is 18.1 Å². The third-order valence-corrected chi connectivity index (χ3v) is 4.90. The van der Waals surface area contributed by atoms with Gasteiger partial charge in [-0.2, -0.15) is 0 Å². The molecule has 5 nitrogen and oxygen atoms in total. The molecule has 1 N–H and O–H groups in total. The lowest BCUT2D eigenvalue weighted by Gasteiger charge is -2.20. The largest absolute Gasteiger partial charge is 0.493 e. The molecular weight excluding hydrogens is 318 g/mol. The number of carbonyl (C=O) groups excluding carboxylic acids is 1. The summed E-state index contributed by atoms with van der Waals surface area (Å²) in [5.74, 6) is -0.724. The molecule has 0 radical (unpaired) electrons. The Labute approximate surface area is 145 Å². The van der Waals surface area contributed by atoms with Crippen molar-refractivity contribution in [3.8, 4) is 5.75 Å². The van der Waals surface area contributed by atoms with Crippen LogP contribution in [0.1, 0.15) is 29.0 Å². The predicted molar refractivity (Wildman–Crippen MR) is 93.1 cm³/mol. The van der Waals surface area contributed by atoms with Crippen LogP contribution in [0.5, 0.6) is 5.75 Å². The van der Waals surface area contributed by atoms with E-state index < -0.39 is 11.9 Å². The van der Waals surface area contributed by atoms with E-state index in [0.29, 0.717) is 11.3 Å². The topological polar surface area (TPSA) is 66.8 Å². The van der Waals surface area contributed by atoms with Crippen LogP contribution in [0.15, 0.2) is 42.5 Å². The Bertz CT molecular complexity index is 845. The Kier molecular flexibility index (Phi) is 3.92. The van der Waals surface area contributed by atoms with Gasteiger partial charge < -0.3 is 14.7 Å². The molecule has 1 unspecified atom stereocenters. The number of carbonyl (C=O) groups is 2. The maximum Gasteiger partial charge on any atom is 0.312 e. The Morgan fingerprint density at radius 3 is 2.88 bits per heavy atom. The van der Waals surface area contributed by atoms with Crippen molar-refractivity contribution >= 4 is 17.6 Å². The number of carboxylic acid groups (broad SMARTS) is 1. The second-order valence-electron chi connectivity index (χ2n) is 6.52. The van der Waals surface area contributed by atoms with E-state index in [1.54, 1.807) is 11.0 Å². The van der Waals surface area contributed by atoms with E-state index in [1.807, 2.05) is 36.4 Å². The Morgan fingerprint density at radius 1 is 1.20 bits per heavy atom. The Hall–Kier alpha value is -2.82. The first-order chi connectivity index (χ1) is 12.1. The molecule has 1 atom stereocenters. The molecule has 4 rings (SSSR count). The molecule has 2 aliphatic rings. The number of fused-ring (bicyclic) bond motifs is 2. The van der Waals surface area contributed by atoms with Crippen molar-refractivity contribution in [1.29, 1.82) is 0 Å². The number of aliphatic carboxylic acids is 1. The summed E-state index contributed by atoms with van der Waals surface area (Å²) in [5.41, 5.74) is 3.50. The second kappa shape index (κ2) is 6.24. The average molecular weight is 337 g/mol. The number of nitrogens with zero attached hydrogens (tertiary/aromatic N) is 1. The molecule has 2 aliphatic heterocycles. The van der Waals surface area contributed by atoms with Gasteiger partial charge in [0, 0.05) is 12.2 Å². The highest BCUT2D eigenvalue weighted by molar-refractivity contribution is 5.99. The number of rotatable bonds is 3. The first-order valence-corrected chi connectivity index (χ1v) is 8.50. The van der Waals surface area contributed by atoms with E-state index in [1.165, 1.54) is 0 Å². The summed E-state index contributed by atoms with van der Waals surface area (Å²) < 4.78 is 5.61. The number of hydrogen-bond acceptors (Lipinski definition) is 3. The number of hydrogen-bond donors (Lipinski definition) is 1. The van der Waals surface area contributed by atoms with Gasteiger partial charge in [-0.1, -0.05) is 30.3 Å². The normalized spacial score (nSPS) is 18.2. The molecule has 2 heterocycles. The van der Waals surface area contributed by atoms with Gasteiger partial charge in [0.2, 0.25) is 5.91 Å². The molecule has 5 heteroatoms. The summed E-state index contributed by atoms with van der Waals surface area (Å²) in [7, 11) is 0. The molecule has 2 aromatic carbocycles. The predicted octanol–water partition coefficient (Wildman–Crippen LogP) is 2.77. The number of para-hydroxylation sites is 1. The van der Waals surface area contributed by atoms with Gasteiger partial charge in [-0.05, 0) is 41.7 Å². The molecule has 128 valence electrons. The van der Waals surface area contributed by atoms with Crippen LogP contribution in [0.25, 0.3) is 0 Å². The number of ether oxygens (including phenoxy) is 1. The highest BCUT2D eigenvalue weighted by Crippen LogP contribution is 2.36. The van der Waals surface area contributed by atoms with Crippen LogP contribution in [0.2, 0.25) is 0 Å². The summed E-state index contributed by atoms with van der Waals surface area (Å²) in [6.45, 7) is 0.938. The molecule has 2 aromatic rings. The quantitative estimate of drug-likeness (QED) is 0.935. The van der Waals surface area contributed by atoms with E-state index in [4.69, 9.17) is 4.74 Å². The zero-order valence-electron chi connectivity index (χ0n) is 13.8. The fourth-order valence-electron chi connectivity index (χ4n) is 3.65. The molecule has 0 bridgehead atoms. The van der Waals surface area contributed by atoms with E-state index in [-0.39, 0.29) is 18.9 Å². The van der Waals surface area contributed by atoms with Gasteiger partial charge in [0.1, 0.15) is 11.7 Å². The second-order valence-corrected chi connectivity index (χ2v) is 6.52. The fraction of sp³-hybridized carbons (Fsp3) is 0.300. The number of benzene rings is 2. The van der Waals surface area contributed by atoms with E-state index in [2.05, 4.69) is 0 Å². The first-order valence-electron chi connectivity index (χ1n) is 8.50. The molecule has 0 aromatic heterocycles. The van der Waals surface area contributed by atoms with Crippen molar-refractivity contribution in [2.24, 2.45) is 0 Å². The molecule has 0 aliphatic carbocycles. The maximum absolute atomic E-state index is 12.8. The van der Waals surface area contributed by atoms with Gasteiger partial charge in [0.25, 0.3) is 0 Å². The third-order valence-electron chi connectivity index (χ3n) is 4.90. The van der Waals surface area contributed by atoms with Crippen LogP contribution in [0.3, 0.4) is 0 Å². The lowest BCUT2D eigenvalue weighted by atomic mass is 10.0. The first kappa shape index (κ1) is 15.7. The Balaban J connectivity index is 1.57. The number of anilines is 1. The molecule has 0 saturated carbocycles. The van der Waals surface area contributed by atoms with E-state index >= 15 is 0 Å². The number of aryl methyl sites for hydroxylation is 1. The number of amides is 1. The zero-order chi connectivity index (χ0) is 17.4. The van der Waals surface area contributed by atoms with Gasteiger partial charge in [-0.15, -0.1) is 0 Å². The lowest BCUT2D eigenvalue weighted by molar-refractivity contribution is -0.138. The summed E-state index contributed by atoms with van der Waals surface area (Å²) >= 11 is 0. The van der Waals surface area contributed by atoms with Crippen LogP contribution in [0.4, 0.5) is 5.69 Å². The summed E-state index contributed by atoms with van der Waals surface area (Å²) in [6.07, 6.45) is 2.21. The minimum absolute atomic E-state index is 0.0760. The van der Waals surface area contributed by atoms with Gasteiger partial charge >= 0.3 is 5.97 Å². The lowest BCUT2D eigenvalue weighted by Crippen LogP contribution is -2.32. The smallest absolute Gasteiger partial charge is 0.312 e. The van der Waals surface area contributed by atoms with Crippen molar-refractivity contribution < 1.29 is 19.4 Å². The zero-order valence-corrected chi connectivity index (χ0v) is 13.8. The number of carboxylic acids is 1. The van der Waals surface area contributed by atoms with Crippen LogP contribution in [-0.4, -0.2) is 30.1 Å². The van der Waals surface area contributed by atoms with Crippen molar-refractivity contribution in [1.82, 2.24) is 0 Å². The molecule has 0 saturated heterocycles. The molecule has 1 amide bonds. The van der Waals surface area contributed by atoms with Crippen molar-refractivity contribution in [3.05, 3.63) is 59.2 Å². The van der Waals surface area contributed by atoms with E-state index in [9.17, 15) is 14.7 Å². The summed E-state index contributed by atoms with van der Waals surface area (Å²) in [4.78, 5) is 25.9. The summed E-state index contributed by atoms with van der Waals surface area (Å²) in [5, 5.41) is 9.43. The van der Waals surface area contributed by atoms with Crippen molar-refractivity contribution in [3.63, 3.8) is 0 Å². The minimum atomic E-state index is -0.895. The molecule has 0 fully saturated rings. The van der Waals surface area contributed by atoms with E-state index in [0.717, 1.165) is 36.3 Å². The standard InChI is InChI=1S/C20H19NO4/c22-19(11-13-7-8-18-14(10-13)4-3-9-25-18)21-12-16(20(23)24)15-5-1-2-6-17(15)21/h1-2,5-8,10,16H,3-4,9,11-12H2,(H,23,24). The molecule has 0 spiro atoms. The van der Waals surface area contributed by atoms with Crippen LogP contribution in [0, 0.1) is 0 Å². The van der Waals surface area contributed by atoms with Gasteiger partial charge in [0.15, 0.2) is 0 Å². The average Bonchev–Trinajstić information content (AvgIpc) is 3.02. The van der Waals surface area contributed by atoms with Crippen LogP contribution >= 0.6 is 0 Å². The molecule has 25 heavy (non-hydrogen) atoms. The Morgan fingerprint density at radius 2 is 2.04 bits per heavy atom. The highest BCUT2D eigenvalue weighted by Gasteiger charge is 2.36. The molecular formula is C20H19NO4. The minimum Gasteiger partial charge on any atom is -0.493 e. The monoisotopic (exact) mass is 337 g/mol. The van der Waals surface area contributed by atoms with Gasteiger partial charge in [-0.25, -0.2) is 0 Å². The fourth-order valence-corrected chi connectivity index (χ4v) is 3.65. The van der Waals surface area contributed by atoms with Crippen LogP contribution < -0.4 is 9.64 Å².